The molecule has 0 unspecified atom stereocenters. The van der Waals surface area contributed by atoms with E-state index in [2.05, 4.69) is 4.98 Å². The lowest BCUT2D eigenvalue weighted by Crippen LogP contribution is -2.42. The van der Waals surface area contributed by atoms with Crippen LogP contribution in [0.1, 0.15) is 28.8 Å². The summed E-state index contributed by atoms with van der Waals surface area (Å²) in [7, 11) is 1.56. The maximum absolute atomic E-state index is 13.6. The molecule has 1 aliphatic rings. The summed E-state index contributed by atoms with van der Waals surface area (Å²) in [6.07, 6.45) is 2.91. The van der Waals surface area contributed by atoms with Crippen molar-refractivity contribution >= 4 is 16.9 Å². The van der Waals surface area contributed by atoms with Crippen LogP contribution in [-0.2, 0) is 17.8 Å². The van der Waals surface area contributed by atoms with E-state index < -0.39 is 11.2 Å². The third-order valence-electron chi connectivity index (χ3n) is 6.39. The predicted molar refractivity (Wildman–Crippen MR) is 131 cm³/mol. The standard InChI is InChI=1S/C26H26N4O5/c1-17-6-3-4-8-21(17)30-24-23(25(32)29(26(30)33)14-20-7-5-13-35-20)28(16-27-24)15-22(31)18-9-11-19(34-2)12-10-18/h3-4,6,8-12,16,20H,5,7,13-15H2,1-2H3/t20-/m0/s1. The number of imidazole rings is 1. The van der Waals surface area contributed by atoms with Crippen molar-refractivity contribution in [2.24, 2.45) is 0 Å². The third-order valence-corrected chi connectivity index (χ3v) is 6.39. The molecule has 4 aromatic rings. The van der Waals surface area contributed by atoms with Crippen molar-refractivity contribution in [1.82, 2.24) is 18.7 Å². The Labute approximate surface area is 201 Å². The average Bonchev–Trinajstić information content (AvgIpc) is 3.53. The SMILES string of the molecule is COc1ccc(C(=O)Cn2cnc3c2c(=O)n(C[C@@H]2CCCO2)c(=O)n3-c2ccccc2C)cc1. The molecule has 1 aliphatic heterocycles. The molecule has 0 aliphatic carbocycles. The first-order valence-electron chi connectivity index (χ1n) is 11.5. The highest BCUT2D eigenvalue weighted by Gasteiger charge is 2.24. The topological polar surface area (TPSA) is 97.4 Å². The van der Waals surface area contributed by atoms with Gasteiger partial charge in [-0.05, 0) is 55.7 Å². The van der Waals surface area contributed by atoms with Gasteiger partial charge in [0.1, 0.15) is 5.75 Å². The number of methoxy groups -OCH3 is 1. The number of para-hydroxylation sites is 1. The van der Waals surface area contributed by atoms with Gasteiger partial charge in [0.05, 0.1) is 38.3 Å². The van der Waals surface area contributed by atoms with Crippen LogP contribution in [0.3, 0.4) is 0 Å². The summed E-state index contributed by atoms with van der Waals surface area (Å²) in [5, 5.41) is 0. The number of rotatable bonds is 7. The van der Waals surface area contributed by atoms with Crippen LogP contribution in [0, 0.1) is 6.92 Å². The van der Waals surface area contributed by atoms with Crippen LogP contribution in [-0.4, -0.2) is 44.3 Å². The van der Waals surface area contributed by atoms with Crippen LogP contribution in [0.25, 0.3) is 16.9 Å². The van der Waals surface area contributed by atoms with Crippen molar-refractivity contribution in [1.29, 1.82) is 0 Å². The van der Waals surface area contributed by atoms with Crippen molar-refractivity contribution < 1.29 is 14.3 Å². The Morgan fingerprint density at radius 3 is 2.60 bits per heavy atom. The average molecular weight is 475 g/mol. The quantitative estimate of drug-likeness (QED) is 0.382. The lowest BCUT2D eigenvalue weighted by Gasteiger charge is -2.16. The minimum absolute atomic E-state index is 0.0933. The fraction of sp³-hybridized carbons (Fsp3) is 0.308. The molecule has 0 N–H and O–H groups in total. The Bertz CT molecular complexity index is 1510. The molecule has 9 heteroatoms. The highest BCUT2D eigenvalue weighted by molar-refractivity contribution is 5.96. The maximum Gasteiger partial charge on any atom is 0.337 e. The van der Waals surface area contributed by atoms with Crippen molar-refractivity contribution in [3.05, 3.63) is 86.8 Å². The minimum atomic E-state index is -0.481. The highest BCUT2D eigenvalue weighted by atomic mass is 16.5. The van der Waals surface area contributed by atoms with E-state index in [0.29, 0.717) is 23.6 Å². The summed E-state index contributed by atoms with van der Waals surface area (Å²) in [6, 6.07) is 14.2. The summed E-state index contributed by atoms with van der Waals surface area (Å²) in [6.45, 7) is 2.57. The number of ketones is 1. The lowest BCUT2D eigenvalue weighted by atomic mass is 10.1. The number of carbonyl (C=O) groups excluding carboxylic acids is 1. The second-order valence-electron chi connectivity index (χ2n) is 8.65. The van der Waals surface area contributed by atoms with Crippen molar-refractivity contribution in [2.45, 2.75) is 39.0 Å². The second-order valence-corrected chi connectivity index (χ2v) is 8.65. The molecular formula is C26H26N4O5. The number of fused-ring (bicyclic) bond motifs is 1. The molecule has 0 bridgehead atoms. The Morgan fingerprint density at radius 1 is 1.14 bits per heavy atom. The van der Waals surface area contributed by atoms with Gasteiger partial charge < -0.3 is 14.0 Å². The lowest BCUT2D eigenvalue weighted by molar-refractivity contribution is 0.0947. The zero-order chi connectivity index (χ0) is 24.5. The van der Waals surface area contributed by atoms with E-state index >= 15 is 0 Å². The van der Waals surface area contributed by atoms with Gasteiger partial charge in [-0.25, -0.2) is 14.3 Å². The molecule has 1 fully saturated rings. The summed E-state index contributed by atoms with van der Waals surface area (Å²) in [4.78, 5) is 44.6. The molecule has 0 saturated carbocycles. The molecule has 5 rings (SSSR count). The van der Waals surface area contributed by atoms with Gasteiger partial charge in [-0.2, -0.15) is 0 Å². The molecule has 1 saturated heterocycles. The number of hydrogen-bond acceptors (Lipinski definition) is 6. The highest BCUT2D eigenvalue weighted by Crippen LogP contribution is 2.19. The van der Waals surface area contributed by atoms with Crippen LogP contribution in [0.15, 0.2) is 64.4 Å². The van der Waals surface area contributed by atoms with Gasteiger partial charge in [-0.1, -0.05) is 18.2 Å². The van der Waals surface area contributed by atoms with Crippen molar-refractivity contribution in [3.63, 3.8) is 0 Å². The molecule has 0 amide bonds. The fourth-order valence-corrected chi connectivity index (χ4v) is 4.51. The number of nitrogens with zero attached hydrogens (tertiary/aromatic N) is 4. The third kappa shape index (κ3) is 4.19. The summed E-state index contributed by atoms with van der Waals surface area (Å²) >= 11 is 0. The van der Waals surface area contributed by atoms with Crippen LogP contribution in [0.5, 0.6) is 5.75 Å². The first-order chi connectivity index (χ1) is 17.0. The Kier molecular flexibility index (Phi) is 6.08. The fourth-order valence-electron chi connectivity index (χ4n) is 4.51. The largest absolute Gasteiger partial charge is 0.497 e. The van der Waals surface area contributed by atoms with Gasteiger partial charge in [0.2, 0.25) is 0 Å². The molecule has 9 nitrogen and oxygen atoms in total. The number of carbonyl (C=O) groups is 1. The second kappa shape index (κ2) is 9.34. The summed E-state index contributed by atoms with van der Waals surface area (Å²) in [5.41, 5.74) is 1.45. The molecule has 0 radical (unpaired) electrons. The molecule has 1 atom stereocenters. The van der Waals surface area contributed by atoms with E-state index in [1.54, 1.807) is 31.4 Å². The van der Waals surface area contributed by atoms with Crippen molar-refractivity contribution in [2.75, 3.05) is 13.7 Å². The van der Waals surface area contributed by atoms with E-state index in [1.807, 2.05) is 31.2 Å². The number of ether oxygens (including phenoxy) is 2. The molecule has 180 valence electrons. The number of aryl methyl sites for hydroxylation is 1. The Morgan fingerprint density at radius 2 is 1.91 bits per heavy atom. The molecule has 0 spiro atoms. The molecule has 2 aromatic heterocycles. The maximum atomic E-state index is 13.6. The molecule has 2 aromatic carbocycles. The van der Waals surface area contributed by atoms with E-state index in [9.17, 15) is 14.4 Å². The minimum Gasteiger partial charge on any atom is -0.497 e. The predicted octanol–water partition coefficient (Wildman–Crippen LogP) is 2.73. The summed E-state index contributed by atoms with van der Waals surface area (Å²) in [5.74, 6) is 0.458. The van der Waals surface area contributed by atoms with Crippen LogP contribution >= 0.6 is 0 Å². The van der Waals surface area contributed by atoms with E-state index in [0.717, 1.165) is 18.4 Å². The van der Waals surface area contributed by atoms with Crippen LogP contribution < -0.4 is 16.0 Å². The van der Waals surface area contributed by atoms with Gasteiger partial charge in [0, 0.05) is 12.2 Å². The van der Waals surface area contributed by atoms with E-state index in [-0.39, 0.29) is 36.1 Å². The van der Waals surface area contributed by atoms with Crippen LogP contribution in [0.2, 0.25) is 0 Å². The number of benzene rings is 2. The van der Waals surface area contributed by atoms with E-state index in [1.165, 1.54) is 20.0 Å². The zero-order valence-corrected chi connectivity index (χ0v) is 19.6. The summed E-state index contributed by atoms with van der Waals surface area (Å²) < 4.78 is 15.0. The monoisotopic (exact) mass is 474 g/mol. The number of aromatic nitrogens is 4. The molecule has 35 heavy (non-hydrogen) atoms. The number of Topliss-reactive ketones (excluding diaryl/α,β-unsaturated/α-hetero) is 1. The van der Waals surface area contributed by atoms with Gasteiger partial charge in [-0.3, -0.25) is 14.2 Å². The first kappa shape index (κ1) is 22.8. The normalized spacial score (nSPS) is 15.5. The van der Waals surface area contributed by atoms with Gasteiger partial charge >= 0.3 is 5.69 Å². The molecule has 3 heterocycles. The zero-order valence-electron chi connectivity index (χ0n) is 19.6. The smallest absolute Gasteiger partial charge is 0.337 e. The van der Waals surface area contributed by atoms with Gasteiger partial charge in [0.25, 0.3) is 5.56 Å². The van der Waals surface area contributed by atoms with E-state index in [4.69, 9.17) is 9.47 Å². The number of hydrogen-bond donors (Lipinski definition) is 0. The molecular weight excluding hydrogens is 448 g/mol. The van der Waals surface area contributed by atoms with Crippen LogP contribution in [0.4, 0.5) is 0 Å². The Hall–Kier alpha value is -3.98. The van der Waals surface area contributed by atoms with Gasteiger partial charge in [-0.15, -0.1) is 0 Å². The first-order valence-corrected chi connectivity index (χ1v) is 11.5. The Balaban J connectivity index is 1.65. The van der Waals surface area contributed by atoms with Gasteiger partial charge in [0.15, 0.2) is 16.9 Å². The van der Waals surface area contributed by atoms with Crippen molar-refractivity contribution in [3.8, 4) is 11.4 Å².